The summed E-state index contributed by atoms with van der Waals surface area (Å²) in [5, 5.41) is 0. The van der Waals surface area contributed by atoms with E-state index in [9.17, 15) is 0 Å². The quantitative estimate of drug-likeness (QED) is 0.136. The molecule has 10 aromatic carbocycles. The molecule has 0 saturated heterocycles. The van der Waals surface area contributed by atoms with Crippen molar-refractivity contribution in [2.24, 2.45) is 0 Å². The molecule has 0 heterocycles. The summed E-state index contributed by atoms with van der Waals surface area (Å²) in [5.74, 6) is 0. The predicted molar refractivity (Wildman–Crippen MR) is 264 cm³/mol. The van der Waals surface area contributed by atoms with Gasteiger partial charge in [-0.25, -0.2) is 0 Å². The molecule has 10 aromatic rings. The molecule has 0 atom stereocenters. The number of hydrogen-bond acceptors (Lipinski definition) is 2. The monoisotopic (exact) mass is 804 g/mol. The summed E-state index contributed by atoms with van der Waals surface area (Å²) in [4.78, 5) is 4.85. The zero-order chi connectivity index (χ0) is 42.0. The smallest absolute Gasteiger partial charge is 0.0714 e. The Balaban J connectivity index is 1.18. The maximum atomic E-state index is 2.47. The molecule has 0 N–H and O–H groups in total. The Labute approximate surface area is 370 Å². The molecule has 0 amide bonds. The molecule has 0 spiro atoms. The van der Waals surface area contributed by atoms with Crippen LogP contribution in [0.5, 0.6) is 0 Å². The fourth-order valence-electron chi connectivity index (χ4n) is 9.77. The SMILES string of the molecule is c1ccc(-c2ccc(N(c3ccccc3)c3cc(-c4ccccc4)cc(N(c4ccccc4)c4cccc5c4-c4ccccc4C5(c4ccccc4)c4ccccc4)c3)cc2)cc1. The van der Waals surface area contributed by atoms with Crippen molar-refractivity contribution in [2.45, 2.75) is 5.41 Å². The minimum absolute atomic E-state index is 0.528. The van der Waals surface area contributed by atoms with Gasteiger partial charge in [-0.2, -0.15) is 0 Å². The number of para-hydroxylation sites is 2. The molecule has 0 saturated carbocycles. The Bertz CT molecular complexity index is 3090. The lowest BCUT2D eigenvalue weighted by atomic mass is 9.68. The van der Waals surface area contributed by atoms with Crippen molar-refractivity contribution in [2.75, 3.05) is 9.80 Å². The number of benzene rings is 10. The van der Waals surface area contributed by atoms with Gasteiger partial charge in [0.1, 0.15) is 0 Å². The van der Waals surface area contributed by atoms with Gasteiger partial charge in [-0.15, -0.1) is 0 Å². The van der Waals surface area contributed by atoms with E-state index in [4.69, 9.17) is 0 Å². The van der Waals surface area contributed by atoms with Crippen molar-refractivity contribution in [1.82, 2.24) is 0 Å². The first-order valence-corrected chi connectivity index (χ1v) is 21.7. The number of fused-ring (bicyclic) bond motifs is 3. The first kappa shape index (κ1) is 37.8. The highest BCUT2D eigenvalue weighted by molar-refractivity contribution is 5.98. The molecule has 0 fully saturated rings. The topological polar surface area (TPSA) is 6.48 Å². The molecule has 1 aliphatic rings. The van der Waals surface area contributed by atoms with E-state index < -0.39 is 5.41 Å². The van der Waals surface area contributed by atoms with Gasteiger partial charge in [0.25, 0.3) is 0 Å². The first-order valence-electron chi connectivity index (χ1n) is 21.7. The van der Waals surface area contributed by atoms with E-state index in [1.54, 1.807) is 0 Å². The Morgan fingerprint density at radius 1 is 0.254 bits per heavy atom. The van der Waals surface area contributed by atoms with Gasteiger partial charge in [0.05, 0.1) is 11.1 Å². The van der Waals surface area contributed by atoms with E-state index in [1.807, 2.05) is 0 Å². The van der Waals surface area contributed by atoms with E-state index in [2.05, 4.69) is 277 Å². The predicted octanol–water partition coefficient (Wildman–Crippen LogP) is 16.3. The van der Waals surface area contributed by atoms with E-state index >= 15 is 0 Å². The minimum atomic E-state index is -0.528. The molecule has 298 valence electrons. The summed E-state index contributed by atoms with van der Waals surface area (Å²) in [5.41, 5.74) is 18.1. The van der Waals surface area contributed by atoms with Crippen LogP contribution in [-0.2, 0) is 5.41 Å². The molecule has 0 radical (unpaired) electrons. The van der Waals surface area contributed by atoms with Crippen LogP contribution in [0.25, 0.3) is 33.4 Å². The van der Waals surface area contributed by atoms with Crippen LogP contribution in [0.3, 0.4) is 0 Å². The van der Waals surface area contributed by atoms with Crippen molar-refractivity contribution in [1.29, 1.82) is 0 Å². The third-order valence-electron chi connectivity index (χ3n) is 12.5. The van der Waals surface area contributed by atoms with E-state index in [0.717, 1.165) is 45.3 Å². The van der Waals surface area contributed by atoms with E-state index in [0.29, 0.717) is 0 Å². The normalized spacial score (nSPS) is 12.3. The van der Waals surface area contributed by atoms with E-state index in [1.165, 1.54) is 44.5 Å². The van der Waals surface area contributed by atoms with Gasteiger partial charge in [0, 0.05) is 34.0 Å². The zero-order valence-electron chi connectivity index (χ0n) is 34.8. The van der Waals surface area contributed by atoms with E-state index in [-0.39, 0.29) is 0 Å². The van der Waals surface area contributed by atoms with Gasteiger partial charge < -0.3 is 9.80 Å². The van der Waals surface area contributed by atoms with Crippen molar-refractivity contribution in [3.8, 4) is 33.4 Å². The molecule has 1 aliphatic carbocycles. The van der Waals surface area contributed by atoms with Crippen LogP contribution in [0.2, 0.25) is 0 Å². The summed E-state index contributed by atoms with van der Waals surface area (Å²) >= 11 is 0. The van der Waals surface area contributed by atoms with Crippen molar-refractivity contribution >= 4 is 34.1 Å². The van der Waals surface area contributed by atoms with Gasteiger partial charge in [0.2, 0.25) is 0 Å². The molecule has 2 heteroatoms. The molecular weight excluding hydrogens is 761 g/mol. The number of nitrogens with zero attached hydrogens (tertiary/aromatic N) is 2. The van der Waals surface area contributed by atoms with Crippen molar-refractivity contribution in [3.63, 3.8) is 0 Å². The molecule has 0 aliphatic heterocycles. The standard InChI is InChI=1S/C61H44N2/c1-7-22-45(23-8-1)47-38-40-53(41-39-47)62(51-30-15-5-16-31-51)54-42-48(46-24-9-2-10-25-46)43-55(44-54)63(52-32-17-6-18-33-52)59-37-21-36-58-60(59)56-34-19-20-35-57(56)61(58,49-26-11-3-12-27-49)50-28-13-4-14-29-50/h1-44H. The molecular formula is C61H44N2. The lowest BCUT2D eigenvalue weighted by Crippen LogP contribution is -2.28. The number of rotatable bonds is 10. The highest BCUT2D eigenvalue weighted by atomic mass is 15.2. The van der Waals surface area contributed by atoms with Crippen LogP contribution in [0.1, 0.15) is 22.3 Å². The lowest BCUT2D eigenvalue weighted by molar-refractivity contribution is 0.768. The first-order chi connectivity index (χ1) is 31.3. The highest BCUT2D eigenvalue weighted by Gasteiger charge is 2.47. The largest absolute Gasteiger partial charge is 0.310 e. The van der Waals surface area contributed by atoms with Gasteiger partial charge in [-0.05, 0) is 111 Å². The molecule has 11 rings (SSSR count). The number of hydrogen-bond donors (Lipinski definition) is 0. The molecule has 0 aromatic heterocycles. The Morgan fingerprint density at radius 2 is 0.667 bits per heavy atom. The third kappa shape index (κ3) is 6.70. The Kier molecular flexibility index (Phi) is 9.80. The molecule has 63 heavy (non-hydrogen) atoms. The van der Waals surface area contributed by atoms with Crippen LogP contribution in [0.4, 0.5) is 34.1 Å². The van der Waals surface area contributed by atoms with Crippen LogP contribution >= 0.6 is 0 Å². The average molecular weight is 805 g/mol. The van der Waals surface area contributed by atoms with Crippen LogP contribution in [0, 0.1) is 0 Å². The summed E-state index contributed by atoms with van der Waals surface area (Å²) in [6.45, 7) is 0. The number of anilines is 6. The fraction of sp³-hybridized carbons (Fsp3) is 0.0164. The maximum absolute atomic E-state index is 2.47. The molecule has 2 nitrogen and oxygen atoms in total. The fourth-order valence-corrected chi connectivity index (χ4v) is 9.77. The summed E-state index contributed by atoms with van der Waals surface area (Å²) < 4.78 is 0. The van der Waals surface area contributed by atoms with Gasteiger partial charge in [-0.3, -0.25) is 0 Å². The Hall–Kier alpha value is -8.20. The summed E-state index contributed by atoms with van der Waals surface area (Å²) in [6, 6.07) is 97.0. The second kappa shape index (κ2) is 16.3. The second-order valence-electron chi connectivity index (χ2n) is 16.1. The lowest BCUT2D eigenvalue weighted by Gasteiger charge is -2.34. The Morgan fingerprint density at radius 3 is 1.24 bits per heavy atom. The summed E-state index contributed by atoms with van der Waals surface area (Å²) in [7, 11) is 0. The zero-order valence-corrected chi connectivity index (χ0v) is 34.8. The third-order valence-corrected chi connectivity index (χ3v) is 12.5. The van der Waals surface area contributed by atoms with Gasteiger partial charge in [-0.1, -0.05) is 206 Å². The second-order valence-corrected chi connectivity index (χ2v) is 16.1. The minimum Gasteiger partial charge on any atom is -0.310 e. The average Bonchev–Trinajstić information content (AvgIpc) is 3.68. The van der Waals surface area contributed by atoms with Crippen molar-refractivity contribution in [3.05, 3.63) is 289 Å². The maximum Gasteiger partial charge on any atom is 0.0714 e. The van der Waals surface area contributed by atoms with Crippen LogP contribution in [-0.4, -0.2) is 0 Å². The van der Waals surface area contributed by atoms with Gasteiger partial charge >= 0.3 is 0 Å². The van der Waals surface area contributed by atoms with Gasteiger partial charge in [0.15, 0.2) is 0 Å². The molecule has 0 unspecified atom stereocenters. The molecule has 0 bridgehead atoms. The summed E-state index contributed by atoms with van der Waals surface area (Å²) in [6.07, 6.45) is 0. The van der Waals surface area contributed by atoms with Crippen molar-refractivity contribution < 1.29 is 0 Å². The highest BCUT2D eigenvalue weighted by Crippen LogP contribution is 2.59. The van der Waals surface area contributed by atoms with Crippen LogP contribution in [0.15, 0.2) is 267 Å². The van der Waals surface area contributed by atoms with Crippen LogP contribution < -0.4 is 9.80 Å².